The molecule has 0 saturated carbocycles. The Balaban J connectivity index is -0.0000000835. The van der Waals surface area contributed by atoms with E-state index in [1.165, 1.54) is 0 Å². The Labute approximate surface area is 205 Å². The van der Waals surface area contributed by atoms with Crippen molar-refractivity contribution in [1.29, 1.82) is 0 Å². The van der Waals surface area contributed by atoms with Gasteiger partial charge in [-0.2, -0.15) is 8.42 Å². The number of phosphoric acid groups is 1. The van der Waals surface area contributed by atoms with Crippen molar-refractivity contribution in [3.05, 3.63) is 0 Å². The molecule has 0 saturated heterocycles. The number of aliphatic hydroxyl groups is 4. The van der Waals surface area contributed by atoms with Crippen LogP contribution >= 0.6 is 20.2 Å². The van der Waals surface area contributed by atoms with Crippen molar-refractivity contribution < 1.29 is 107 Å². The minimum Gasteiger partial charge on any atom is -0.481 e. The maximum absolute atomic E-state index is 10.3. The molecule has 0 aliphatic heterocycles. The number of aliphatic carboxylic acids is 5. The second kappa shape index (κ2) is 22.9. The monoisotopic (exact) mass is 606 g/mol. The number of halogens is 1. The molecule has 0 aromatic rings. The molecule has 0 atom stereocenters. The largest absolute Gasteiger partial charge is 0.481 e. The molecule has 0 bridgehead atoms. The molecule has 0 amide bonds. The normalized spacial score (nSPS) is 10.1. The summed E-state index contributed by atoms with van der Waals surface area (Å²) in [7, 11) is -9.31. The van der Waals surface area contributed by atoms with E-state index in [0.717, 1.165) is 0 Å². The highest BCUT2D eigenvalue weighted by atomic mass is 35.5. The van der Waals surface area contributed by atoms with Crippen LogP contribution in [-0.4, -0.2) is 133 Å². The lowest BCUT2D eigenvalue weighted by Crippen LogP contribution is -2.42. The number of hydrogen-bond acceptors (Lipinski definition) is 12. The fourth-order valence-electron chi connectivity index (χ4n) is 0.772. The average molecular weight is 607 g/mol. The number of carboxylic acid groups (broad SMARTS) is 5. The van der Waals surface area contributed by atoms with Crippen LogP contribution in [0.15, 0.2) is 0 Å². The van der Waals surface area contributed by atoms with Crippen LogP contribution in [0.3, 0.4) is 0 Å². The molecule has 0 rings (SSSR count). The lowest BCUT2D eigenvalue weighted by Gasteiger charge is -2.18. The van der Waals surface area contributed by atoms with E-state index in [0.29, 0.717) is 0 Å². The van der Waals surface area contributed by atoms with Crippen LogP contribution in [-0.2, 0) is 38.9 Å². The molecule has 218 valence electrons. The third-order valence-corrected chi connectivity index (χ3v) is 1.89. The summed E-state index contributed by atoms with van der Waals surface area (Å²) < 4.78 is 40.5. The van der Waals surface area contributed by atoms with Crippen LogP contribution in [0.1, 0.15) is 12.8 Å². The minimum absolute atomic E-state index is 0. The predicted octanol–water partition coefficient (Wildman–Crippen LogP) is -4.92. The van der Waals surface area contributed by atoms with Crippen molar-refractivity contribution in [2.24, 2.45) is 0 Å². The Kier molecular flexibility index (Phi) is 29.7. The van der Waals surface area contributed by atoms with Crippen LogP contribution in [0.2, 0.25) is 0 Å². The van der Waals surface area contributed by atoms with Gasteiger partial charge in [-0.1, -0.05) is 0 Å². The zero-order valence-electron chi connectivity index (χ0n) is 17.2. The first-order chi connectivity index (χ1) is 15.2. The Morgan fingerprint density at radius 3 is 1.00 bits per heavy atom. The second-order valence-electron chi connectivity index (χ2n) is 5.07. The van der Waals surface area contributed by atoms with Gasteiger partial charge >= 0.3 is 48.1 Å². The highest BCUT2D eigenvalue weighted by Gasteiger charge is 2.40. The smallest absolute Gasteiger partial charge is 0.466 e. The highest BCUT2D eigenvalue weighted by Crippen LogP contribution is 2.25. The quantitative estimate of drug-likeness (QED) is 0.0732. The van der Waals surface area contributed by atoms with Crippen LogP contribution in [0, 0.1) is 0 Å². The summed E-state index contributed by atoms with van der Waals surface area (Å²) in [5, 5.41) is 72.6. The summed E-state index contributed by atoms with van der Waals surface area (Å²) in [4.78, 5) is 70.2. The highest BCUT2D eigenvalue weighted by molar-refractivity contribution is 7.79. The Morgan fingerprint density at radius 1 is 0.750 bits per heavy atom. The van der Waals surface area contributed by atoms with E-state index < -0.39 is 72.6 Å². The summed E-state index contributed by atoms with van der Waals surface area (Å²) in [6.07, 6.45) is -3.24. The van der Waals surface area contributed by atoms with E-state index in [1.54, 1.807) is 0 Å². The van der Waals surface area contributed by atoms with Crippen molar-refractivity contribution in [3.63, 3.8) is 0 Å². The molecule has 14 N–H and O–H groups in total. The Bertz CT molecular complexity index is 770. The molecular formula is C11H24ClO22PS. The van der Waals surface area contributed by atoms with E-state index in [2.05, 4.69) is 0 Å². The zero-order valence-corrected chi connectivity index (χ0v) is 19.7. The molecule has 0 radical (unpaired) electrons. The fourth-order valence-corrected chi connectivity index (χ4v) is 0.772. The van der Waals surface area contributed by atoms with E-state index in [1.807, 2.05) is 0 Å². The maximum Gasteiger partial charge on any atom is 0.466 e. The molecule has 0 unspecified atom stereocenters. The summed E-state index contributed by atoms with van der Waals surface area (Å²) in [6, 6.07) is 0. The zero-order chi connectivity index (χ0) is 29.8. The number of rotatable bonds is 7. The molecule has 0 heterocycles. The summed E-state index contributed by atoms with van der Waals surface area (Å²) >= 11 is 0. The van der Waals surface area contributed by atoms with Gasteiger partial charge in [0.05, 0.1) is 26.1 Å². The molecule has 0 aromatic carbocycles. The van der Waals surface area contributed by atoms with Gasteiger partial charge in [0, 0.05) is 0 Å². The van der Waals surface area contributed by atoms with Gasteiger partial charge in [-0.05, 0) is 0 Å². The summed E-state index contributed by atoms with van der Waals surface area (Å²) in [5.41, 5.74) is -2.74. The van der Waals surface area contributed by atoms with Crippen molar-refractivity contribution >= 4 is 60.5 Å². The van der Waals surface area contributed by atoms with Crippen LogP contribution in [0.25, 0.3) is 0 Å². The van der Waals surface area contributed by atoms with Gasteiger partial charge in [0.25, 0.3) is 0 Å². The molecule has 0 aromatic heterocycles. The van der Waals surface area contributed by atoms with Crippen LogP contribution in [0.5, 0.6) is 0 Å². The summed E-state index contributed by atoms with van der Waals surface area (Å²) in [6.45, 7) is -0.729. The average Bonchev–Trinajstić information content (AvgIpc) is 2.57. The third-order valence-electron chi connectivity index (χ3n) is 1.89. The van der Waals surface area contributed by atoms with Crippen LogP contribution in [0.4, 0.5) is 0 Å². The minimum atomic E-state index is -4.67. The van der Waals surface area contributed by atoms with E-state index in [-0.39, 0.29) is 25.6 Å². The second-order valence-corrected chi connectivity index (χ2v) is 6.99. The SMILES string of the molecule is Cl.O=C(O)C(=O)O.O=C(O)CC(O)(CC(=O)O)C(=O)O.O=P(O)(O)O.O=S(=O)(O)O.OCC(O)CO. The molecule has 0 fully saturated rings. The van der Waals surface area contributed by atoms with Crippen molar-refractivity contribution in [2.45, 2.75) is 24.5 Å². The number of carbonyl (C=O) groups is 5. The molecule has 0 aliphatic rings. The first-order valence-electron chi connectivity index (χ1n) is 7.46. The maximum atomic E-state index is 10.3. The molecule has 22 nitrogen and oxygen atoms in total. The fraction of sp³-hybridized carbons (Fsp3) is 0.545. The lowest BCUT2D eigenvalue weighted by molar-refractivity contribution is -0.170. The van der Waals surface area contributed by atoms with Crippen molar-refractivity contribution in [2.75, 3.05) is 13.2 Å². The Morgan fingerprint density at radius 2 is 0.944 bits per heavy atom. The Hall–Kier alpha value is -2.54. The van der Waals surface area contributed by atoms with Gasteiger partial charge in [-0.3, -0.25) is 18.7 Å². The van der Waals surface area contributed by atoms with E-state index in [9.17, 15) is 14.4 Å². The van der Waals surface area contributed by atoms with Gasteiger partial charge in [0.15, 0.2) is 5.60 Å². The number of hydrogen-bond donors (Lipinski definition) is 14. The first-order valence-corrected chi connectivity index (χ1v) is 10.4. The molecule has 36 heavy (non-hydrogen) atoms. The van der Waals surface area contributed by atoms with E-state index in [4.69, 9.17) is 92.3 Å². The molecular weight excluding hydrogens is 583 g/mol. The van der Waals surface area contributed by atoms with Gasteiger partial charge in [0.1, 0.15) is 6.10 Å². The van der Waals surface area contributed by atoms with E-state index >= 15 is 0 Å². The number of carboxylic acids is 5. The van der Waals surface area contributed by atoms with Gasteiger partial charge in [-0.25, -0.2) is 18.9 Å². The number of aliphatic hydroxyl groups excluding tert-OH is 3. The first kappa shape index (κ1) is 46.8. The van der Waals surface area contributed by atoms with Crippen molar-refractivity contribution in [3.8, 4) is 0 Å². The molecule has 0 spiro atoms. The lowest BCUT2D eigenvalue weighted by atomic mass is 9.96. The third kappa shape index (κ3) is 63.4. The van der Waals surface area contributed by atoms with Gasteiger partial charge in [-0.15, -0.1) is 12.4 Å². The van der Waals surface area contributed by atoms with Crippen molar-refractivity contribution in [1.82, 2.24) is 0 Å². The molecule has 25 heteroatoms. The predicted molar refractivity (Wildman–Crippen MR) is 108 cm³/mol. The topological polar surface area (TPSA) is 420 Å². The molecule has 0 aliphatic carbocycles. The summed E-state index contributed by atoms with van der Waals surface area (Å²) in [5.74, 6) is -8.67. The van der Waals surface area contributed by atoms with Gasteiger partial charge in [0.2, 0.25) is 0 Å². The van der Waals surface area contributed by atoms with Gasteiger partial charge < -0.3 is 60.6 Å². The standard InChI is InChI=1S/C6H8O7.C3H8O3.C2H2O4.ClH.H3O4P.H2O4S/c7-3(8)1-6(13,5(11)12)2-4(9)10;4-1-3(6)2-5;3-1(4)2(5)6;;2*1-5(2,3)4/h13H,1-2H2,(H,7,8)(H,9,10)(H,11,12);3-6H,1-2H2;(H,3,4)(H,5,6);1H;(H3,1,2,3,4);(H2,1,2,3,4). The van der Waals surface area contributed by atoms with Crippen LogP contribution < -0.4 is 0 Å².